The number of benzene rings is 2. The summed E-state index contributed by atoms with van der Waals surface area (Å²) in [7, 11) is 0. The number of aromatic hydroxyl groups is 1. The van der Waals surface area contributed by atoms with Crippen molar-refractivity contribution in [3.05, 3.63) is 64.7 Å². The normalized spacial score (nSPS) is 34.1. The van der Waals surface area contributed by atoms with Crippen molar-refractivity contribution in [3.63, 3.8) is 0 Å². The van der Waals surface area contributed by atoms with Crippen LogP contribution in [0.3, 0.4) is 0 Å². The Bertz CT molecular complexity index is 932. The third-order valence-corrected chi connectivity index (χ3v) is 9.37. The highest BCUT2D eigenvalue weighted by Crippen LogP contribution is 2.64. The quantitative estimate of drug-likeness (QED) is 0.577. The Kier molecular flexibility index (Phi) is 5.41. The van der Waals surface area contributed by atoms with Gasteiger partial charge < -0.3 is 10.2 Å². The Hall–Kier alpha value is -1.80. The van der Waals surface area contributed by atoms with Gasteiger partial charge in [0, 0.05) is 6.42 Å². The van der Waals surface area contributed by atoms with Crippen LogP contribution in [0.2, 0.25) is 0 Å². The van der Waals surface area contributed by atoms with Gasteiger partial charge in [0.2, 0.25) is 0 Å². The van der Waals surface area contributed by atoms with Gasteiger partial charge in [-0.3, -0.25) is 0 Å². The van der Waals surface area contributed by atoms with Gasteiger partial charge in [0.25, 0.3) is 0 Å². The van der Waals surface area contributed by atoms with E-state index in [1.807, 2.05) is 12.1 Å². The summed E-state index contributed by atoms with van der Waals surface area (Å²) < 4.78 is 0. The monoisotopic (exact) mass is 418 g/mol. The number of aryl methyl sites for hydroxylation is 2. The van der Waals surface area contributed by atoms with Crippen molar-refractivity contribution in [1.29, 1.82) is 0 Å². The molecule has 0 heterocycles. The fourth-order valence-electron chi connectivity index (χ4n) is 7.51. The van der Waals surface area contributed by atoms with E-state index >= 15 is 0 Å². The predicted molar refractivity (Wildman–Crippen MR) is 126 cm³/mol. The lowest BCUT2D eigenvalue weighted by Gasteiger charge is -2.53. The lowest BCUT2D eigenvalue weighted by Crippen LogP contribution is -2.51. The highest BCUT2D eigenvalue weighted by Gasteiger charge is 2.61. The highest BCUT2D eigenvalue weighted by atomic mass is 16.3. The predicted octanol–water partition coefficient (Wildman–Crippen LogP) is 6.56. The van der Waals surface area contributed by atoms with Crippen molar-refractivity contribution in [1.82, 2.24) is 0 Å². The second-order valence-electron chi connectivity index (χ2n) is 10.9. The number of aliphatic hydroxyl groups is 1. The summed E-state index contributed by atoms with van der Waals surface area (Å²) in [4.78, 5) is 0. The fourth-order valence-corrected chi connectivity index (χ4v) is 7.51. The number of hydrogen-bond donors (Lipinski definition) is 2. The molecule has 3 aliphatic rings. The van der Waals surface area contributed by atoms with Crippen LogP contribution in [-0.2, 0) is 19.3 Å². The standard InChI is InChI=1S/C29H38O2/c1-3-4-5-20-6-8-21(9-7-20)19-29(31)17-15-27-26-12-10-22-18-23(30)11-13-24(22)25(26)14-16-28(27,29)2/h6-9,11,13,18,25-27,30-31H,3-5,10,12,14-17,19H2,1-2H3/t25-,26-,27+,28+,29-/m1/s1. The van der Waals surface area contributed by atoms with Crippen molar-refractivity contribution in [2.45, 2.75) is 89.6 Å². The molecule has 2 fully saturated rings. The Morgan fingerprint density at radius 3 is 2.52 bits per heavy atom. The van der Waals surface area contributed by atoms with E-state index < -0.39 is 5.60 Å². The van der Waals surface area contributed by atoms with Gasteiger partial charge in [-0.1, -0.05) is 50.6 Å². The minimum atomic E-state index is -0.594. The molecule has 0 aromatic heterocycles. The average molecular weight is 419 g/mol. The van der Waals surface area contributed by atoms with E-state index in [2.05, 4.69) is 44.2 Å². The van der Waals surface area contributed by atoms with E-state index in [-0.39, 0.29) is 5.41 Å². The van der Waals surface area contributed by atoms with E-state index in [0.717, 1.165) is 44.9 Å². The van der Waals surface area contributed by atoms with Crippen LogP contribution in [0.5, 0.6) is 5.75 Å². The van der Waals surface area contributed by atoms with Crippen LogP contribution in [0.15, 0.2) is 42.5 Å². The van der Waals surface area contributed by atoms with Gasteiger partial charge in [0.05, 0.1) is 5.60 Å². The molecule has 2 N–H and O–H groups in total. The van der Waals surface area contributed by atoms with Crippen molar-refractivity contribution < 1.29 is 10.2 Å². The first kappa shape index (κ1) is 21.1. The number of hydrogen-bond acceptors (Lipinski definition) is 2. The van der Waals surface area contributed by atoms with Crippen molar-refractivity contribution >= 4 is 0 Å². The number of phenolic OH excluding ortho intramolecular Hbond substituents is 1. The smallest absolute Gasteiger partial charge is 0.115 e. The zero-order chi connectivity index (χ0) is 21.6. The summed E-state index contributed by atoms with van der Waals surface area (Å²) >= 11 is 0. The van der Waals surface area contributed by atoms with Crippen LogP contribution in [-0.4, -0.2) is 15.8 Å². The summed E-state index contributed by atoms with van der Waals surface area (Å²) in [6.07, 6.45) is 11.0. The van der Waals surface area contributed by atoms with Gasteiger partial charge in [0.1, 0.15) is 5.75 Å². The molecule has 5 atom stereocenters. The molecule has 31 heavy (non-hydrogen) atoms. The summed E-state index contributed by atoms with van der Waals surface area (Å²) in [6, 6.07) is 15.1. The second-order valence-corrected chi connectivity index (χ2v) is 10.9. The maximum Gasteiger partial charge on any atom is 0.115 e. The molecule has 0 aliphatic heterocycles. The number of phenols is 1. The summed E-state index contributed by atoms with van der Waals surface area (Å²) in [5.41, 5.74) is 4.93. The van der Waals surface area contributed by atoms with Gasteiger partial charge in [0.15, 0.2) is 0 Å². The minimum Gasteiger partial charge on any atom is -0.508 e. The van der Waals surface area contributed by atoms with Gasteiger partial charge in [-0.2, -0.15) is 0 Å². The molecule has 0 amide bonds. The molecule has 0 spiro atoms. The maximum atomic E-state index is 12.0. The van der Waals surface area contributed by atoms with E-state index in [1.54, 1.807) is 0 Å². The van der Waals surface area contributed by atoms with Crippen molar-refractivity contribution in [2.24, 2.45) is 17.3 Å². The third kappa shape index (κ3) is 3.52. The van der Waals surface area contributed by atoms with Crippen LogP contribution >= 0.6 is 0 Å². The largest absolute Gasteiger partial charge is 0.508 e. The molecule has 0 bridgehead atoms. The molecule has 3 aliphatic carbocycles. The Morgan fingerprint density at radius 1 is 0.968 bits per heavy atom. The van der Waals surface area contributed by atoms with Gasteiger partial charge in [-0.15, -0.1) is 0 Å². The van der Waals surface area contributed by atoms with Gasteiger partial charge >= 0.3 is 0 Å². The number of rotatable bonds is 5. The van der Waals surface area contributed by atoms with Gasteiger partial charge in [-0.05, 0) is 109 Å². The lowest BCUT2D eigenvalue weighted by molar-refractivity contribution is -0.102. The fraction of sp³-hybridized carbons (Fsp3) is 0.586. The van der Waals surface area contributed by atoms with E-state index in [9.17, 15) is 10.2 Å². The van der Waals surface area contributed by atoms with Crippen molar-refractivity contribution in [2.75, 3.05) is 0 Å². The number of unbranched alkanes of at least 4 members (excludes halogenated alkanes) is 1. The second kappa shape index (κ2) is 7.96. The molecule has 0 radical (unpaired) electrons. The van der Waals surface area contributed by atoms with E-state index in [4.69, 9.17) is 0 Å². The van der Waals surface area contributed by atoms with Crippen LogP contribution < -0.4 is 0 Å². The molecule has 2 saturated carbocycles. The molecular formula is C29H38O2. The van der Waals surface area contributed by atoms with Crippen LogP contribution in [0.25, 0.3) is 0 Å². The SMILES string of the molecule is CCCCc1ccc(C[C@]2(O)CC[C@H]3[C@@H]4CCc5cc(O)ccc5[C@H]4CC[C@@]32C)cc1. The van der Waals surface area contributed by atoms with Gasteiger partial charge in [-0.25, -0.2) is 0 Å². The Balaban J connectivity index is 1.36. The summed E-state index contributed by atoms with van der Waals surface area (Å²) in [5, 5.41) is 21.9. The zero-order valence-corrected chi connectivity index (χ0v) is 19.2. The zero-order valence-electron chi connectivity index (χ0n) is 19.2. The van der Waals surface area contributed by atoms with Crippen molar-refractivity contribution in [3.8, 4) is 5.75 Å². The summed E-state index contributed by atoms with van der Waals surface area (Å²) in [5.74, 6) is 2.26. The molecule has 0 saturated heterocycles. The highest BCUT2D eigenvalue weighted by molar-refractivity contribution is 5.40. The summed E-state index contributed by atoms with van der Waals surface area (Å²) in [6.45, 7) is 4.63. The first-order valence-electron chi connectivity index (χ1n) is 12.6. The minimum absolute atomic E-state index is 0.00344. The molecule has 2 aromatic carbocycles. The molecule has 2 heteroatoms. The molecular weight excluding hydrogens is 380 g/mol. The maximum absolute atomic E-state index is 12.0. The first-order chi connectivity index (χ1) is 14.9. The Morgan fingerprint density at radius 2 is 1.74 bits per heavy atom. The Labute approximate surface area is 187 Å². The molecule has 2 aromatic rings. The first-order valence-corrected chi connectivity index (χ1v) is 12.6. The van der Waals surface area contributed by atoms with E-state index in [0.29, 0.717) is 23.5 Å². The van der Waals surface area contributed by atoms with Crippen LogP contribution in [0, 0.1) is 17.3 Å². The van der Waals surface area contributed by atoms with Crippen LogP contribution in [0.1, 0.15) is 87.0 Å². The molecule has 0 unspecified atom stereocenters. The topological polar surface area (TPSA) is 40.5 Å². The third-order valence-electron chi connectivity index (χ3n) is 9.37. The number of fused-ring (bicyclic) bond motifs is 5. The lowest BCUT2D eigenvalue weighted by atomic mass is 9.53. The van der Waals surface area contributed by atoms with Crippen LogP contribution in [0.4, 0.5) is 0 Å². The molecule has 2 nitrogen and oxygen atoms in total. The molecule has 5 rings (SSSR count). The molecule has 166 valence electrons. The average Bonchev–Trinajstić information content (AvgIpc) is 3.03. The van der Waals surface area contributed by atoms with E-state index in [1.165, 1.54) is 41.5 Å².